The average molecular weight is 325 g/mol. The first-order valence-electron chi connectivity index (χ1n) is 8.45. The maximum Gasteiger partial charge on any atom is 0.123 e. The van der Waals surface area contributed by atoms with Crippen molar-refractivity contribution in [3.05, 3.63) is 42.6 Å². The highest BCUT2D eigenvalue weighted by molar-refractivity contribution is 5.86. The summed E-state index contributed by atoms with van der Waals surface area (Å²) in [5.74, 6) is 0. The molecule has 0 saturated carbocycles. The molecular weight excluding hydrogens is 302 g/mol. The van der Waals surface area contributed by atoms with E-state index >= 15 is 0 Å². The molecule has 1 aromatic carbocycles. The Hall–Kier alpha value is -2.18. The van der Waals surface area contributed by atoms with Gasteiger partial charge in [0.25, 0.3) is 0 Å². The van der Waals surface area contributed by atoms with Gasteiger partial charge in [-0.25, -0.2) is 0 Å². The second kappa shape index (κ2) is 6.37. The van der Waals surface area contributed by atoms with E-state index in [0.29, 0.717) is 6.04 Å². The van der Waals surface area contributed by atoms with Gasteiger partial charge in [0.15, 0.2) is 0 Å². The first-order chi connectivity index (χ1) is 11.8. The largest absolute Gasteiger partial charge is 0.383 e. The van der Waals surface area contributed by atoms with Crippen LogP contribution in [0.1, 0.15) is 24.4 Å². The number of benzene rings is 1. The van der Waals surface area contributed by atoms with Gasteiger partial charge in [-0.3, -0.25) is 9.47 Å². The van der Waals surface area contributed by atoms with Crippen LogP contribution < -0.4 is 0 Å². The van der Waals surface area contributed by atoms with Gasteiger partial charge in [0.05, 0.1) is 6.61 Å². The molecule has 1 aliphatic rings. The zero-order chi connectivity index (χ0) is 16.5. The van der Waals surface area contributed by atoms with Crippen LogP contribution in [0.5, 0.6) is 0 Å². The van der Waals surface area contributed by atoms with Crippen LogP contribution in [0.3, 0.4) is 0 Å². The Labute approximate surface area is 141 Å². The van der Waals surface area contributed by atoms with Crippen LogP contribution in [-0.4, -0.2) is 51.5 Å². The Morgan fingerprint density at radius 1 is 1.25 bits per heavy atom. The van der Waals surface area contributed by atoms with Gasteiger partial charge in [-0.1, -0.05) is 0 Å². The average Bonchev–Trinajstić information content (AvgIpc) is 3.32. The van der Waals surface area contributed by atoms with Crippen LogP contribution in [-0.2, 0) is 11.3 Å². The summed E-state index contributed by atoms with van der Waals surface area (Å²) >= 11 is 0. The third-order valence-electron chi connectivity index (χ3n) is 5.03. The van der Waals surface area contributed by atoms with Crippen LogP contribution in [0.15, 0.2) is 37.1 Å². The summed E-state index contributed by atoms with van der Waals surface area (Å²) < 4.78 is 9.55. The molecule has 0 amide bonds. The zero-order valence-corrected chi connectivity index (χ0v) is 14.2. The second-order valence-corrected chi connectivity index (χ2v) is 6.48. The summed E-state index contributed by atoms with van der Waals surface area (Å²) in [5, 5.41) is 9.15. The lowest BCUT2D eigenvalue weighted by Crippen LogP contribution is -2.17. The summed E-state index contributed by atoms with van der Waals surface area (Å²) in [6, 6.07) is 7.06. The Bertz CT molecular complexity index is 823. The number of methoxy groups -OCH3 is 1. The zero-order valence-electron chi connectivity index (χ0n) is 14.2. The fraction of sp³-hybridized carbons (Fsp3) is 0.444. The topological polar surface area (TPSA) is 48.1 Å². The summed E-state index contributed by atoms with van der Waals surface area (Å²) in [5.41, 5.74) is 3.77. The van der Waals surface area contributed by atoms with Crippen LogP contribution in [0.4, 0.5) is 0 Å². The van der Waals surface area contributed by atoms with Crippen LogP contribution >= 0.6 is 0 Å². The molecule has 1 saturated heterocycles. The van der Waals surface area contributed by atoms with Gasteiger partial charge in [0.1, 0.15) is 12.7 Å². The second-order valence-electron chi connectivity index (χ2n) is 6.48. The molecule has 126 valence electrons. The lowest BCUT2D eigenvalue weighted by Gasteiger charge is -2.19. The van der Waals surface area contributed by atoms with Gasteiger partial charge in [0, 0.05) is 42.5 Å². The Morgan fingerprint density at radius 2 is 2.08 bits per heavy atom. The highest BCUT2D eigenvalue weighted by atomic mass is 16.5. The van der Waals surface area contributed by atoms with Crippen molar-refractivity contribution >= 4 is 10.9 Å². The van der Waals surface area contributed by atoms with Crippen molar-refractivity contribution in [3.63, 3.8) is 0 Å². The maximum absolute atomic E-state index is 5.28. The van der Waals surface area contributed by atoms with E-state index < -0.39 is 0 Å². The molecule has 0 unspecified atom stereocenters. The smallest absolute Gasteiger partial charge is 0.123 e. The number of hydrogen-bond acceptors (Lipinski definition) is 4. The number of nitrogens with zero attached hydrogens (tertiary/aromatic N) is 5. The molecule has 6 nitrogen and oxygen atoms in total. The van der Waals surface area contributed by atoms with Crippen molar-refractivity contribution in [1.82, 2.24) is 24.2 Å². The Morgan fingerprint density at radius 3 is 2.79 bits per heavy atom. The van der Waals surface area contributed by atoms with Crippen LogP contribution in [0, 0.1) is 0 Å². The summed E-state index contributed by atoms with van der Waals surface area (Å²) in [6.07, 6.45) is 8.27. The first kappa shape index (κ1) is 15.4. The molecule has 2 aromatic heterocycles. The van der Waals surface area contributed by atoms with Crippen molar-refractivity contribution in [2.24, 2.45) is 0 Å². The van der Waals surface area contributed by atoms with Crippen LogP contribution in [0.2, 0.25) is 0 Å². The number of hydrogen-bond donors (Lipinski definition) is 0. The number of rotatable bonds is 5. The summed E-state index contributed by atoms with van der Waals surface area (Å²) in [6.45, 7) is 2.76. The molecule has 0 bridgehead atoms. The Balaban J connectivity index is 1.83. The van der Waals surface area contributed by atoms with Gasteiger partial charge < -0.3 is 9.30 Å². The predicted molar refractivity (Wildman–Crippen MR) is 93.3 cm³/mol. The molecule has 3 aromatic rings. The lowest BCUT2D eigenvalue weighted by molar-refractivity contribution is 0.188. The van der Waals surface area contributed by atoms with E-state index in [1.807, 2.05) is 4.57 Å². The first-order valence-corrected chi connectivity index (χ1v) is 8.45. The van der Waals surface area contributed by atoms with E-state index in [1.165, 1.54) is 35.9 Å². The standard InChI is InChI=1S/C18H23N5O/c1-21-7-3-4-17(21)16-11-22(8-9-24-2)18-6-5-14(10-15(16)18)23-12-19-20-13-23/h5-6,10-13,17H,3-4,7-9H2,1-2H3/t17-/m1/s1. The fourth-order valence-corrected chi connectivity index (χ4v) is 3.75. The lowest BCUT2D eigenvalue weighted by atomic mass is 10.0. The highest BCUT2D eigenvalue weighted by Crippen LogP contribution is 2.36. The monoisotopic (exact) mass is 325 g/mol. The minimum Gasteiger partial charge on any atom is -0.383 e. The molecule has 24 heavy (non-hydrogen) atoms. The van der Waals surface area contributed by atoms with Crippen molar-refractivity contribution in [3.8, 4) is 5.69 Å². The molecule has 0 spiro atoms. The molecule has 0 aliphatic carbocycles. The minimum atomic E-state index is 0.493. The summed E-state index contributed by atoms with van der Waals surface area (Å²) in [7, 11) is 3.97. The Kier molecular flexibility index (Phi) is 4.08. The van der Waals surface area contributed by atoms with E-state index in [1.54, 1.807) is 19.8 Å². The van der Waals surface area contributed by atoms with Crippen LogP contribution in [0.25, 0.3) is 16.6 Å². The van der Waals surface area contributed by atoms with E-state index in [-0.39, 0.29) is 0 Å². The molecule has 6 heteroatoms. The summed E-state index contributed by atoms with van der Waals surface area (Å²) in [4.78, 5) is 2.46. The van der Waals surface area contributed by atoms with Crippen molar-refractivity contribution in [2.45, 2.75) is 25.4 Å². The molecule has 1 fully saturated rings. The highest BCUT2D eigenvalue weighted by Gasteiger charge is 2.26. The minimum absolute atomic E-state index is 0.493. The third-order valence-corrected chi connectivity index (χ3v) is 5.03. The van der Waals surface area contributed by atoms with E-state index in [2.05, 4.69) is 51.1 Å². The number of aromatic nitrogens is 4. The number of likely N-dealkylation sites (tertiary alicyclic amines) is 1. The predicted octanol–water partition coefficient (Wildman–Crippen LogP) is 2.64. The van der Waals surface area contributed by atoms with E-state index in [9.17, 15) is 0 Å². The van der Waals surface area contributed by atoms with Crippen molar-refractivity contribution < 1.29 is 4.74 Å². The van der Waals surface area contributed by atoms with Gasteiger partial charge in [0.2, 0.25) is 0 Å². The molecule has 4 rings (SSSR count). The van der Waals surface area contributed by atoms with Gasteiger partial charge in [-0.2, -0.15) is 0 Å². The van der Waals surface area contributed by atoms with Crippen molar-refractivity contribution in [1.29, 1.82) is 0 Å². The van der Waals surface area contributed by atoms with Gasteiger partial charge >= 0.3 is 0 Å². The SMILES string of the molecule is COCCn1cc([C@H]2CCCN2C)c2cc(-n3cnnc3)ccc21. The molecule has 0 radical (unpaired) electrons. The molecule has 1 atom stereocenters. The van der Waals surface area contributed by atoms with Crippen molar-refractivity contribution in [2.75, 3.05) is 27.3 Å². The maximum atomic E-state index is 5.28. The van der Waals surface area contributed by atoms with Gasteiger partial charge in [-0.05, 0) is 50.2 Å². The fourth-order valence-electron chi connectivity index (χ4n) is 3.75. The number of ether oxygens (including phenoxy) is 1. The van der Waals surface area contributed by atoms with Gasteiger partial charge in [-0.15, -0.1) is 10.2 Å². The molecule has 1 aliphatic heterocycles. The quantitative estimate of drug-likeness (QED) is 0.723. The van der Waals surface area contributed by atoms with E-state index in [0.717, 1.165) is 18.8 Å². The normalized spacial score (nSPS) is 18.7. The molecule has 0 N–H and O–H groups in total. The number of fused-ring (bicyclic) bond motifs is 1. The molecule has 3 heterocycles. The molecular formula is C18H23N5O. The third kappa shape index (κ3) is 2.61. The van der Waals surface area contributed by atoms with E-state index in [4.69, 9.17) is 4.74 Å².